The second-order valence-corrected chi connectivity index (χ2v) is 7.47. The lowest BCUT2D eigenvalue weighted by Gasteiger charge is -2.11. The van der Waals surface area contributed by atoms with Crippen LogP contribution in [0.3, 0.4) is 0 Å². The van der Waals surface area contributed by atoms with Gasteiger partial charge in [0.05, 0.1) is 10.6 Å². The van der Waals surface area contributed by atoms with Gasteiger partial charge in [0, 0.05) is 40.8 Å². The molecule has 1 aliphatic heterocycles. The van der Waals surface area contributed by atoms with Crippen LogP contribution in [-0.4, -0.2) is 33.1 Å². The quantitative estimate of drug-likeness (QED) is 0.542. The first-order valence-electron chi connectivity index (χ1n) is 8.90. The number of hydrogen-bond acceptors (Lipinski definition) is 6. The SMILES string of the molecule is CCCNC(=O)Cn1nc2c(c1NC(=O)c1ccc(C)c([N+](=O)[O-])c1)CSC2. The zero-order valence-corrected chi connectivity index (χ0v) is 16.5. The van der Waals surface area contributed by atoms with Gasteiger partial charge in [-0.2, -0.15) is 16.9 Å². The van der Waals surface area contributed by atoms with Gasteiger partial charge in [-0.05, 0) is 19.4 Å². The Labute approximate surface area is 166 Å². The molecular weight excluding hydrogens is 382 g/mol. The van der Waals surface area contributed by atoms with E-state index in [1.54, 1.807) is 30.8 Å². The van der Waals surface area contributed by atoms with Crippen molar-refractivity contribution in [2.75, 3.05) is 11.9 Å². The normalized spacial score (nSPS) is 12.5. The van der Waals surface area contributed by atoms with Crippen LogP contribution in [0.5, 0.6) is 0 Å². The number of nitro groups is 1. The first-order valence-corrected chi connectivity index (χ1v) is 10.1. The minimum atomic E-state index is -0.511. The van der Waals surface area contributed by atoms with E-state index < -0.39 is 10.8 Å². The second kappa shape index (κ2) is 8.42. The number of aromatic nitrogens is 2. The summed E-state index contributed by atoms with van der Waals surface area (Å²) in [6.45, 7) is 4.16. The fraction of sp³-hybridized carbons (Fsp3) is 0.389. The number of thioether (sulfide) groups is 1. The maximum Gasteiger partial charge on any atom is 0.273 e. The lowest BCUT2D eigenvalue weighted by molar-refractivity contribution is -0.385. The van der Waals surface area contributed by atoms with Crippen molar-refractivity contribution < 1.29 is 14.5 Å². The number of benzene rings is 1. The summed E-state index contributed by atoms with van der Waals surface area (Å²) in [5.74, 6) is 1.22. The fourth-order valence-corrected chi connectivity index (χ4v) is 3.94. The summed E-state index contributed by atoms with van der Waals surface area (Å²) in [5, 5.41) is 21.2. The molecular formula is C18H21N5O4S. The highest BCUT2D eigenvalue weighted by molar-refractivity contribution is 7.98. The Kier molecular flexibility index (Phi) is 5.98. The van der Waals surface area contributed by atoms with E-state index in [1.807, 2.05) is 6.92 Å². The van der Waals surface area contributed by atoms with Crippen molar-refractivity contribution in [2.45, 2.75) is 38.3 Å². The average molecular weight is 403 g/mol. The lowest BCUT2D eigenvalue weighted by Crippen LogP contribution is -2.29. The molecule has 1 aromatic heterocycles. The molecule has 0 saturated heterocycles. The van der Waals surface area contributed by atoms with Crippen LogP contribution < -0.4 is 10.6 Å². The van der Waals surface area contributed by atoms with E-state index in [1.165, 1.54) is 10.7 Å². The van der Waals surface area contributed by atoms with Crippen LogP contribution in [0.15, 0.2) is 18.2 Å². The van der Waals surface area contributed by atoms with Gasteiger partial charge in [-0.3, -0.25) is 19.7 Å². The number of aryl methyl sites for hydroxylation is 1. The van der Waals surface area contributed by atoms with Crippen molar-refractivity contribution in [3.63, 3.8) is 0 Å². The first kappa shape index (κ1) is 19.9. The second-order valence-electron chi connectivity index (χ2n) is 6.49. The summed E-state index contributed by atoms with van der Waals surface area (Å²) < 4.78 is 1.50. The molecule has 0 fully saturated rings. The third-order valence-electron chi connectivity index (χ3n) is 4.38. The third-order valence-corrected chi connectivity index (χ3v) is 5.35. The maximum atomic E-state index is 12.7. The Morgan fingerprint density at radius 2 is 2.14 bits per heavy atom. The maximum absolute atomic E-state index is 12.7. The number of nitro benzene ring substituents is 1. The molecule has 0 atom stereocenters. The van der Waals surface area contributed by atoms with Gasteiger partial charge in [0.15, 0.2) is 0 Å². The molecule has 1 aliphatic rings. The molecule has 2 N–H and O–H groups in total. The van der Waals surface area contributed by atoms with Crippen molar-refractivity contribution in [1.82, 2.24) is 15.1 Å². The molecule has 0 saturated carbocycles. The van der Waals surface area contributed by atoms with Gasteiger partial charge in [-0.15, -0.1) is 0 Å². The minimum absolute atomic E-state index is 0.00132. The van der Waals surface area contributed by atoms with Crippen molar-refractivity contribution in [3.8, 4) is 0 Å². The number of carbonyl (C=O) groups is 2. The van der Waals surface area contributed by atoms with Crippen molar-refractivity contribution in [2.24, 2.45) is 0 Å². The van der Waals surface area contributed by atoms with E-state index in [9.17, 15) is 19.7 Å². The molecule has 10 heteroatoms. The summed E-state index contributed by atoms with van der Waals surface area (Å²) in [6, 6.07) is 4.35. The van der Waals surface area contributed by atoms with Gasteiger partial charge >= 0.3 is 0 Å². The molecule has 148 valence electrons. The van der Waals surface area contributed by atoms with Crippen LogP contribution in [0.1, 0.15) is 40.5 Å². The molecule has 0 unspecified atom stereocenters. The van der Waals surface area contributed by atoms with Gasteiger partial charge in [0.1, 0.15) is 12.4 Å². The Balaban J connectivity index is 1.85. The number of carbonyl (C=O) groups excluding carboxylic acids is 2. The van der Waals surface area contributed by atoms with Crippen molar-refractivity contribution in [3.05, 3.63) is 50.7 Å². The van der Waals surface area contributed by atoms with E-state index in [4.69, 9.17) is 0 Å². The molecule has 0 radical (unpaired) electrons. The zero-order valence-electron chi connectivity index (χ0n) is 15.7. The zero-order chi connectivity index (χ0) is 20.3. The molecule has 2 heterocycles. The summed E-state index contributed by atoms with van der Waals surface area (Å²) in [6.07, 6.45) is 0.827. The number of hydrogen-bond donors (Lipinski definition) is 2. The highest BCUT2D eigenvalue weighted by Gasteiger charge is 2.25. The summed E-state index contributed by atoms with van der Waals surface area (Å²) in [5.41, 5.74) is 2.29. The van der Waals surface area contributed by atoms with Crippen LogP contribution in [0.25, 0.3) is 0 Å². The van der Waals surface area contributed by atoms with E-state index in [0.717, 1.165) is 23.4 Å². The average Bonchev–Trinajstić information content (AvgIpc) is 3.22. The number of nitrogens with one attached hydrogen (secondary N) is 2. The largest absolute Gasteiger partial charge is 0.355 e. The van der Waals surface area contributed by atoms with Gasteiger partial charge in [0.2, 0.25) is 5.91 Å². The van der Waals surface area contributed by atoms with Gasteiger partial charge in [0.25, 0.3) is 11.6 Å². The molecule has 2 amide bonds. The molecule has 0 bridgehead atoms. The number of fused-ring (bicyclic) bond motifs is 1. The van der Waals surface area contributed by atoms with E-state index >= 15 is 0 Å². The minimum Gasteiger partial charge on any atom is -0.355 e. The van der Waals surface area contributed by atoms with E-state index in [0.29, 0.717) is 23.7 Å². The lowest BCUT2D eigenvalue weighted by atomic mass is 10.1. The van der Waals surface area contributed by atoms with Gasteiger partial charge in [-0.25, -0.2) is 4.68 Å². The van der Waals surface area contributed by atoms with Crippen LogP contribution in [0, 0.1) is 17.0 Å². The molecule has 9 nitrogen and oxygen atoms in total. The monoisotopic (exact) mass is 403 g/mol. The predicted octanol–water partition coefficient (Wildman–Crippen LogP) is 2.63. The third kappa shape index (κ3) is 4.16. The standard InChI is InChI=1S/C18H21N5O4S/c1-3-6-19-16(24)8-22-17(13-9-28-10-14(13)21-22)20-18(25)12-5-4-11(2)15(7-12)23(26)27/h4-5,7H,3,6,8-10H2,1-2H3,(H,19,24)(H,20,25). The Morgan fingerprint density at radius 3 is 2.86 bits per heavy atom. The van der Waals surface area contributed by atoms with Gasteiger partial charge < -0.3 is 10.6 Å². The molecule has 2 aromatic rings. The number of anilines is 1. The van der Waals surface area contributed by atoms with E-state index in [2.05, 4.69) is 15.7 Å². The smallest absolute Gasteiger partial charge is 0.273 e. The summed E-state index contributed by atoms with van der Waals surface area (Å²) in [7, 11) is 0. The topological polar surface area (TPSA) is 119 Å². The highest BCUT2D eigenvalue weighted by Crippen LogP contribution is 2.35. The van der Waals surface area contributed by atoms with Crippen LogP contribution in [0.2, 0.25) is 0 Å². The summed E-state index contributed by atoms with van der Waals surface area (Å²) >= 11 is 1.68. The Hall–Kier alpha value is -2.88. The predicted molar refractivity (Wildman–Crippen MR) is 106 cm³/mol. The summed E-state index contributed by atoms with van der Waals surface area (Å²) in [4.78, 5) is 35.5. The Bertz CT molecular complexity index is 940. The van der Waals surface area contributed by atoms with Crippen LogP contribution >= 0.6 is 11.8 Å². The molecule has 1 aromatic carbocycles. The number of nitrogens with zero attached hydrogens (tertiary/aromatic N) is 3. The molecule has 0 aliphatic carbocycles. The first-order chi connectivity index (χ1) is 13.4. The molecule has 0 spiro atoms. The molecule has 3 rings (SSSR count). The number of amides is 2. The highest BCUT2D eigenvalue weighted by atomic mass is 32.2. The number of rotatable bonds is 7. The van der Waals surface area contributed by atoms with Crippen molar-refractivity contribution in [1.29, 1.82) is 0 Å². The Morgan fingerprint density at radius 1 is 1.36 bits per heavy atom. The van der Waals surface area contributed by atoms with Crippen molar-refractivity contribution >= 4 is 35.1 Å². The molecule has 28 heavy (non-hydrogen) atoms. The van der Waals surface area contributed by atoms with E-state index in [-0.39, 0.29) is 23.7 Å². The van der Waals surface area contributed by atoms with Crippen LogP contribution in [0.4, 0.5) is 11.5 Å². The van der Waals surface area contributed by atoms with Crippen LogP contribution in [-0.2, 0) is 22.8 Å². The fourth-order valence-electron chi connectivity index (χ4n) is 2.90. The van der Waals surface area contributed by atoms with Gasteiger partial charge in [-0.1, -0.05) is 13.0 Å².